The molecule has 2 N–H and O–H groups in total. The Balaban J connectivity index is 2.58. The van der Waals surface area contributed by atoms with Crippen LogP contribution in [0.1, 0.15) is 31.0 Å². The standard InChI is InChI=1S/C14H15FN2O3/c1-8(2)13-11(7-12(18)19)14(20)17(16-13)10-5-3-9(15)4-6-10/h3-6,8,16H,7H2,1-2H3,(H,18,19). The minimum atomic E-state index is -1.06. The maximum absolute atomic E-state index is 12.9. The highest BCUT2D eigenvalue weighted by Crippen LogP contribution is 2.17. The Morgan fingerprint density at radius 2 is 1.95 bits per heavy atom. The van der Waals surface area contributed by atoms with Gasteiger partial charge < -0.3 is 5.11 Å². The second-order valence-electron chi connectivity index (χ2n) is 4.85. The molecule has 0 amide bonds. The van der Waals surface area contributed by atoms with Gasteiger partial charge in [-0.15, -0.1) is 0 Å². The van der Waals surface area contributed by atoms with Gasteiger partial charge in [0.15, 0.2) is 0 Å². The van der Waals surface area contributed by atoms with Crippen molar-refractivity contribution in [2.24, 2.45) is 0 Å². The summed E-state index contributed by atoms with van der Waals surface area (Å²) in [6, 6.07) is 5.41. The molecule has 0 aliphatic rings. The summed E-state index contributed by atoms with van der Waals surface area (Å²) in [5.74, 6) is -1.48. The molecule has 1 aromatic heterocycles. The van der Waals surface area contributed by atoms with Crippen LogP contribution in [0.5, 0.6) is 0 Å². The number of nitrogens with zero attached hydrogens (tertiary/aromatic N) is 1. The van der Waals surface area contributed by atoms with Gasteiger partial charge in [0.25, 0.3) is 5.56 Å². The SMILES string of the molecule is CC(C)c1[nH]n(-c2ccc(F)cc2)c(=O)c1CC(=O)O. The van der Waals surface area contributed by atoms with Gasteiger partial charge in [0, 0.05) is 5.69 Å². The molecule has 0 saturated carbocycles. The summed E-state index contributed by atoms with van der Waals surface area (Å²) in [5.41, 5.74) is 0.871. The van der Waals surface area contributed by atoms with E-state index in [0.29, 0.717) is 11.4 Å². The normalized spacial score (nSPS) is 11.0. The molecule has 6 heteroatoms. The Bertz CT molecular complexity index is 683. The minimum absolute atomic E-state index is 0.0150. The first-order valence-corrected chi connectivity index (χ1v) is 6.21. The molecule has 0 radical (unpaired) electrons. The molecule has 20 heavy (non-hydrogen) atoms. The molecule has 2 aromatic rings. The quantitative estimate of drug-likeness (QED) is 0.898. The summed E-state index contributed by atoms with van der Waals surface area (Å²) in [6.07, 6.45) is -0.336. The van der Waals surface area contributed by atoms with E-state index in [2.05, 4.69) is 5.10 Å². The van der Waals surface area contributed by atoms with Crippen molar-refractivity contribution >= 4 is 5.97 Å². The highest BCUT2D eigenvalue weighted by molar-refractivity contribution is 5.70. The van der Waals surface area contributed by atoms with Crippen molar-refractivity contribution < 1.29 is 14.3 Å². The number of carbonyl (C=O) groups is 1. The molecule has 0 atom stereocenters. The van der Waals surface area contributed by atoms with Gasteiger partial charge in [0.2, 0.25) is 0 Å². The van der Waals surface area contributed by atoms with Gasteiger partial charge in [-0.3, -0.25) is 14.7 Å². The molecule has 106 valence electrons. The lowest BCUT2D eigenvalue weighted by atomic mass is 10.0. The molecular formula is C14H15FN2O3. The molecule has 0 fully saturated rings. The fourth-order valence-electron chi connectivity index (χ4n) is 2.06. The number of H-pyrrole nitrogens is 1. The van der Waals surface area contributed by atoms with E-state index in [1.807, 2.05) is 13.8 Å². The lowest BCUT2D eigenvalue weighted by Crippen LogP contribution is -2.19. The zero-order valence-corrected chi connectivity index (χ0v) is 11.2. The second-order valence-corrected chi connectivity index (χ2v) is 4.85. The van der Waals surface area contributed by atoms with Crippen molar-refractivity contribution in [3.63, 3.8) is 0 Å². The number of halogens is 1. The van der Waals surface area contributed by atoms with E-state index in [-0.39, 0.29) is 17.9 Å². The van der Waals surface area contributed by atoms with Crippen molar-refractivity contribution in [3.05, 3.63) is 51.7 Å². The van der Waals surface area contributed by atoms with E-state index in [4.69, 9.17) is 5.11 Å². The minimum Gasteiger partial charge on any atom is -0.481 e. The van der Waals surface area contributed by atoms with Crippen LogP contribution in [0.15, 0.2) is 29.1 Å². The van der Waals surface area contributed by atoms with E-state index in [1.165, 1.54) is 28.9 Å². The van der Waals surface area contributed by atoms with Crippen LogP contribution >= 0.6 is 0 Å². The Labute approximate surface area is 114 Å². The predicted molar refractivity (Wildman–Crippen MR) is 71.8 cm³/mol. The highest BCUT2D eigenvalue weighted by Gasteiger charge is 2.19. The predicted octanol–water partition coefficient (Wildman–Crippen LogP) is 2.06. The van der Waals surface area contributed by atoms with Crippen molar-refractivity contribution in [2.75, 3.05) is 0 Å². The zero-order valence-electron chi connectivity index (χ0n) is 11.2. The van der Waals surface area contributed by atoms with Crippen molar-refractivity contribution in [1.29, 1.82) is 0 Å². The molecule has 0 spiro atoms. The van der Waals surface area contributed by atoms with Crippen LogP contribution in [0, 0.1) is 5.82 Å². The monoisotopic (exact) mass is 278 g/mol. The Morgan fingerprint density at radius 3 is 2.45 bits per heavy atom. The number of aromatic amines is 1. The summed E-state index contributed by atoms with van der Waals surface area (Å²) in [7, 11) is 0. The zero-order chi connectivity index (χ0) is 14.9. The largest absolute Gasteiger partial charge is 0.481 e. The summed E-state index contributed by atoms with van der Waals surface area (Å²) < 4.78 is 14.2. The van der Waals surface area contributed by atoms with Crippen LogP contribution < -0.4 is 5.56 Å². The number of aromatic nitrogens is 2. The number of aliphatic carboxylic acids is 1. The van der Waals surface area contributed by atoms with Crippen LogP contribution in [0.2, 0.25) is 0 Å². The maximum atomic E-state index is 12.9. The molecule has 0 bridgehead atoms. The van der Waals surface area contributed by atoms with Gasteiger partial charge in [0.1, 0.15) is 5.82 Å². The number of hydrogen-bond acceptors (Lipinski definition) is 2. The molecule has 0 aliphatic carbocycles. The lowest BCUT2D eigenvalue weighted by molar-refractivity contribution is -0.136. The Kier molecular flexibility index (Phi) is 3.74. The van der Waals surface area contributed by atoms with E-state index >= 15 is 0 Å². The molecule has 1 heterocycles. The topological polar surface area (TPSA) is 75.1 Å². The van der Waals surface area contributed by atoms with Crippen molar-refractivity contribution in [1.82, 2.24) is 9.78 Å². The third kappa shape index (κ3) is 2.64. The summed E-state index contributed by atoms with van der Waals surface area (Å²) >= 11 is 0. The molecule has 5 nitrogen and oxygen atoms in total. The van der Waals surface area contributed by atoms with Crippen LogP contribution in [0.4, 0.5) is 4.39 Å². The van der Waals surface area contributed by atoms with Gasteiger partial charge in [-0.1, -0.05) is 13.8 Å². The van der Waals surface area contributed by atoms with Gasteiger partial charge in [-0.05, 0) is 30.2 Å². The number of nitrogens with one attached hydrogen (secondary N) is 1. The summed E-state index contributed by atoms with van der Waals surface area (Å²) in [5, 5.41) is 11.8. The average molecular weight is 278 g/mol. The van der Waals surface area contributed by atoms with Gasteiger partial charge >= 0.3 is 5.97 Å². The second kappa shape index (κ2) is 5.32. The molecule has 1 aromatic carbocycles. The number of hydrogen-bond donors (Lipinski definition) is 2. The van der Waals surface area contributed by atoms with Gasteiger partial charge in [-0.2, -0.15) is 0 Å². The number of benzene rings is 1. The molecule has 0 unspecified atom stereocenters. The summed E-state index contributed by atoms with van der Waals surface area (Å²) in [6.45, 7) is 3.73. The first kappa shape index (κ1) is 14.0. The summed E-state index contributed by atoms with van der Waals surface area (Å²) in [4.78, 5) is 23.2. The average Bonchev–Trinajstić information content (AvgIpc) is 2.68. The molecule has 0 aliphatic heterocycles. The maximum Gasteiger partial charge on any atom is 0.308 e. The number of rotatable bonds is 4. The smallest absolute Gasteiger partial charge is 0.308 e. The third-order valence-corrected chi connectivity index (χ3v) is 3.01. The first-order chi connectivity index (χ1) is 9.40. The van der Waals surface area contributed by atoms with Crippen molar-refractivity contribution in [3.8, 4) is 5.69 Å². The highest BCUT2D eigenvalue weighted by atomic mass is 19.1. The van der Waals surface area contributed by atoms with E-state index in [1.54, 1.807) is 0 Å². The van der Waals surface area contributed by atoms with E-state index in [0.717, 1.165) is 0 Å². The molecule has 0 saturated heterocycles. The lowest BCUT2D eigenvalue weighted by Gasteiger charge is -2.04. The van der Waals surface area contributed by atoms with Crippen molar-refractivity contribution in [2.45, 2.75) is 26.2 Å². The fraction of sp³-hybridized carbons (Fsp3) is 0.286. The van der Waals surface area contributed by atoms with Crippen LogP contribution in [-0.4, -0.2) is 20.9 Å². The van der Waals surface area contributed by atoms with Crippen LogP contribution in [-0.2, 0) is 11.2 Å². The number of carboxylic acids is 1. The number of carboxylic acid groups (broad SMARTS) is 1. The molecular weight excluding hydrogens is 263 g/mol. The third-order valence-electron chi connectivity index (χ3n) is 3.01. The van der Waals surface area contributed by atoms with E-state index < -0.39 is 17.3 Å². The Morgan fingerprint density at radius 1 is 1.35 bits per heavy atom. The van der Waals surface area contributed by atoms with Gasteiger partial charge in [-0.25, -0.2) is 9.07 Å². The van der Waals surface area contributed by atoms with Crippen LogP contribution in [0.3, 0.4) is 0 Å². The first-order valence-electron chi connectivity index (χ1n) is 6.21. The Hall–Kier alpha value is -2.37. The fourth-order valence-corrected chi connectivity index (χ4v) is 2.06. The van der Waals surface area contributed by atoms with E-state index in [9.17, 15) is 14.0 Å². The van der Waals surface area contributed by atoms with Crippen LogP contribution in [0.25, 0.3) is 5.69 Å². The molecule has 2 rings (SSSR count). The van der Waals surface area contributed by atoms with Gasteiger partial charge in [0.05, 0.1) is 17.7 Å².